The van der Waals surface area contributed by atoms with Crippen LogP contribution in [0.4, 0.5) is 0 Å². The SMILES string of the molecule is CC(=O)N1CCC(NCC2CN3CCCC3CO2)CC1. The van der Waals surface area contributed by atoms with Gasteiger partial charge in [0, 0.05) is 45.2 Å². The van der Waals surface area contributed by atoms with Crippen molar-refractivity contribution in [2.45, 2.75) is 50.8 Å². The van der Waals surface area contributed by atoms with Gasteiger partial charge in [-0.1, -0.05) is 0 Å². The number of amides is 1. The number of likely N-dealkylation sites (tertiary alicyclic amines) is 1. The zero-order valence-electron chi connectivity index (χ0n) is 12.5. The van der Waals surface area contributed by atoms with E-state index in [1.807, 2.05) is 4.90 Å². The highest BCUT2D eigenvalue weighted by Crippen LogP contribution is 2.22. The van der Waals surface area contributed by atoms with Gasteiger partial charge in [-0.05, 0) is 32.2 Å². The number of morpholine rings is 1. The van der Waals surface area contributed by atoms with Crippen molar-refractivity contribution in [1.82, 2.24) is 15.1 Å². The Morgan fingerprint density at radius 1 is 1.25 bits per heavy atom. The fourth-order valence-electron chi connectivity index (χ4n) is 3.71. The van der Waals surface area contributed by atoms with E-state index in [0.717, 1.165) is 45.6 Å². The summed E-state index contributed by atoms with van der Waals surface area (Å²) >= 11 is 0. The molecule has 3 aliphatic heterocycles. The Balaban J connectivity index is 1.37. The second-order valence-electron chi connectivity index (χ2n) is 6.43. The van der Waals surface area contributed by atoms with Gasteiger partial charge in [-0.2, -0.15) is 0 Å². The predicted molar refractivity (Wildman–Crippen MR) is 77.6 cm³/mol. The van der Waals surface area contributed by atoms with E-state index in [0.29, 0.717) is 18.2 Å². The van der Waals surface area contributed by atoms with E-state index in [9.17, 15) is 4.79 Å². The number of piperidine rings is 1. The molecule has 0 spiro atoms. The summed E-state index contributed by atoms with van der Waals surface area (Å²) in [6.07, 6.45) is 5.12. The average Bonchev–Trinajstić information content (AvgIpc) is 2.93. The van der Waals surface area contributed by atoms with Gasteiger partial charge < -0.3 is 15.0 Å². The van der Waals surface area contributed by atoms with Crippen LogP contribution in [0.5, 0.6) is 0 Å². The molecule has 20 heavy (non-hydrogen) atoms. The third-order valence-corrected chi connectivity index (χ3v) is 5.04. The number of hydrogen-bond donors (Lipinski definition) is 1. The summed E-state index contributed by atoms with van der Waals surface area (Å²) < 4.78 is 5.97. The van der Waals surface area contributed by atoms with Crippen LogP contribution in [0.3, 0.4) is 0 Å². The van der Waals surface area contributed by atoms with Crippen molar-refractivity contribution in [1.29, 1.82) is 0 Å². The third kappa shape index (κ3) is 3.32. The molecule has 114 valence electrons. The maximum Gasteiger partial charge on any atom is 0.219 e. The van der Waals surface area contributed by atoms with Crippen molar-refractivity contribution in [3.8, 4) is 0 Å². The van der Waals surface area contributed by atoms with Crippen LogP contribution in [0.25, 0.3) is 0 Å². The molecule has 5 heteroatoms. The Morgan fingerprint density at radius 2 is 2.05 bits per heavy atom. The molecule has 0 saturated carbocycles. The van der Waals surface area contributed by atoms with Crippen molar-refractivity contribution < 1.29 is 9.53 Å². The molecule has 3 heterocycles. The molecule has 3 rings (SSSR count). The van der Waals surface area contributed by atoms with E-state index < -0.39 is 0 Å². The molecule has 0 aromatic heterocycles. The van der Waals surface area contributed by atoms with Gasteiger partial charge in [0.05, 0.1) is 12.7 Å². The summed E-state index contributed by atoms with van der Waals surface area (Å²) in [6.45, 7) is 7.66. The van der Waals surface area contributed by atoms with Crippen LogP contribution in [0.15, 0.2) is 0 Å². The van der Waals surface area contributed by atoms with Crippen LogP contribution < -0.4 is 5.32 Å². The second-order valence-corrected chi connectivity index (χ2v) is 6.43. The van der Waals surface area contributed by atoms with Gasteiger partial charge >= 0.3 is 0 Å². The quantitative estimate of drug-likeness (QED) is 0.816. The molecule has 0 bridgehead atoms. The van der Waals surface area contributed by atoms with Crippen molar-refractivity contribution in [2.75, 3.05) is 39.3 Å². The van der Waals surface area contributed by atoms with Gasteiger partial charge in [0.15, 0.2) is 0 Å². The molecule has 1 amide bonds. The highest BCUT2D eigenvalue weighted by atomic mass is 16.5. The van der Waals surface area contributed by atoms with Gasteiger partial charge in [0.2, 0.25) is 5.91 Å². The van der Waals surface area contributed by atoms with Gasteiger partial charge in [-0.3, -0.25) is 9.69 Å². The summed E-state index contributed by atoms with van der Waals surface area (Å²) in [5.74, 6) is 0.208. The number of ether oxygens (including phenoxy) is 1. The first kappa shape index (κ1) is 14.3. The molecule has 5 nitrogen and oxygen atoms in total. The summed E-state index contributed by atoms with van der Waals surface area (Å²) in [7, 11) is 0. The zero-order chi connectivity index (χ0) is 13.9. The van der Waals surface area contributed by atoms with E-state index in [1.54, 1.807) is 6.92 Å². The molecule has 2 unspecified atom stereocenters. The lowest BCUT2D eigenvalue weighted by molar-refractivity contribution is -0.129. The number of nitrogens with zero attached hydrogens (tertiary/aromatic N) is 2. The molecule has 2 atom stereocenters. The van der Waals surface area contributed by atoms with E-state index in [4.69, 9.17) is 4.74 Å². The Labute approximate surface area is 121 Å². The third-order valence-electron chi connectivity index (χ3n) is 5.04. The minimum Gasteiger partial charge on any atom is -0.374 e. The zero-order valence-corrected chi connectivity index (χ0v) is 12.5. The summed E-state index contributed by atoms with van der Waals surface area (Å²) in [4.78, 5) is 15.8. The van der Waals surface area contributed by atoms with Crippen LogP contribution in [-0.2, 0) is 9.53 Å². The Morgan fingerprint density at radius 3 is 2.80 bits per heavy atom. The first-order valence-corrected chi connectivity index (χ1v) is 8.07. The summed E-state index contributed by atoms with van der Waals surface area (Å²) in [5, 5.41) is 3.64. The van der Waals surface area contributed by atoms with Crippen LogP contribution in [0.1, 0.15) is 32.6 Å². The molecular formula is C15H27N3O2. The minimum atomic E-state index is 0.208. The van der Waals surface area contributed by atoms with Crippen LogP contribution in [-0.4, -0.2) is 73.2 Å². The summed E-state index contributed by atoms with van der Waals surface area (Å²) in [6, 6.07) is 1.23. The second kappa shape index (κ2) is 6.41. The molecule has 3 aliphatic rings. The fraction of sp³-hybridized carbons (Fsp3) is 0.933. The highest BCUT2D eigenvalue weighted by Gasteiger charge is 2.32. The molecule has 0 aromatic rings. The number of fused-ring (bicyclic) bond motifs is 1. The molecule has 0 radical (unpaired) electrons. The molecule has 3 saturated heterocycles. The number of rotatable bonds is 3. The Kier molecular flexibility index (Phi) is 4.58. The minimum absolute atomic E-state index is 0.208. The average molecular weight is 281 g/mol. The van der Waals surface area contributed by atoms with Gasteiger partial charge in [0.25, 0.3) is 0 Å². The molecule has 1 N–H and O–H groups in total. The largest absolute Gasteiger partial charge is 0.374 e. The normalized spacial score (nSPS) is 32.4. The van der Waals surface area contributed by atoms with Crippen molar-refractivity contribution in [3.63, 3.8) is 0 Å². The lowest BCUT2D eigenvalue weighted by Crippen LogP contribution is -2.52. The standard InChI is InChI=1S/C15H27N3O2/c1-12(19)17-7-4-13(5-8-17)16-9-15-10-18-6-2-3-14(18)11-20-15/h13-16H,2-11H2,1H3. The molecule has 0 aromatic carbocycles. The highest BCUT2D eigenvalue weighted by molar-refractivity contribution is 5.73. The molecule has 0 aliphatic carbocycles. The van der Waals surface area contributed by atoms with Crippen molar-refractivity contribution >= 4 is 5.91 Å². The van der Waals surface area contributed by atoms with E-state index >= 15 is 0 Å². The molecular weight excluding hydrogens is 254 g/mol. The number of hydrogen-bond acceptors (Lipinski definition) is 4. The van der Waals surface area contributed by atoms with Gasteiger partial charge in [-0.15, -0.1) is 0 Å². The maximum absolute atomic E-state index is 11.3. The van der Waals surface area contributed by atoms with Gasteiger partial charge in [0.1, 0.15) is 0 Å². The lowest BCUT2D eigenvalue weighted by atomic mass is 10.0. The molecule has 3 fully saturated rings. The van der Waals surface area contributed by atoms with Crippen molar-refractivity contribution in [2.24, 2.45) is 0 Å². The number of nitrogens with one attached hydrogen (secondary N) is 1. The smallest absolute Gasteiger partial charge is 0.219 e. The fourth-order valence-corrected chi connectivity index (χ4v) is 3.71. The van der Waals surface area contributed by atoms with Crippen LogP contribution in [0.2, 0.25) is 0 Å². The Hall–Kier alpha value is -0.650. The topological polar surface area (TPSA) is 44.8 Å². The Bertz CT molecular complexity index is 342. The predicted octanol–water partition coefficient (Wildman–Crippen LogP) is 0.450. The van der Waals surface area contributed by atoms with Crippen molar-refractivity contribution in [3.05, 3.63) is 0 Å². The number of carbonyl (C=O) groups is 1. The first-order valence-electron chi connectivity index (χ1n) is 8.07. The number of carbonyl (C=O) groups excluding carboxylic acids is 1. The monoisotopic (exact) mass is 281 g/mol. The van der Waals surface area contributed by atoms with Crippen LogP contribution in [0, 0.1) is 0 Å². The van der Waals surface area contributed by atoms with E-state index in [1.165, 1.54) is 19.4 Å². The van der Waals surface area contributed by atoms with E-state index in [2.05, 4.69) is 10.2 Å². The van der Waals surface area contributed by atoms with Gasteiger partial charge in [-0.25, -0.2) is 0 Å². The first-order chi connectivity index (χ1) is 9.72. The van der Waals surface area contributed by atoms with Crippen LogP contribution >= 0.6 is 0 Å². The summed E-state index contributed by atoms with van der Waals surface area (Å²) in [5.41, 5.74) is 0. The lowest BCUT2D eigenvalue weighted by Gasteiger charge is -2.37. The van der Waals surface area contributed by atoms with E-state index in [-0.39, 0.29) is 5.91 Å². The maximum atomic E-state index is 11.3.